The van der Waals surface area contributed by atoms with Crippen LogP contribution in [0.1, 0.15) is 24.0 Å². The molecule has 0 aliphatic rings. The van der Waals surface area contributed by atoms with E-state index >= 15 is 0 Å². The van der Waals surface area contributed by atoms with Crippen LogP contribution in [0.25, 0.3) is 0 Å². The number of carboxylic acids is 3. The first-order chi connectivity index (χ1) is 11.7. The van der Waals surface area contributed by atoms with Gasteiger partial charge in [0.2, 0.25) is 0 Å². The first-order valence-electron chi connectivity index (χ1n) is 7.63. The van der Waals surface area contributed by atoms with Crippen molar-refractivity contribution in [3.05, 3.63) is 29.3 Å². The third-order valence-corrected chi connectivity index (χ3v) is 3.65. The predicted molar refractivity (Wildman–Crippen MR) is 87.8 cm³/mol. The van der Waals surface area contributed by atoms with Gasteiger partial charge in [-0.25, -0.2) is 0 Å². The number of aromatic hydroxyl groups is 1. The van der Waals surface area contributed by atoms with Gasteiger partial charge in [-0.1, -0.05) is 12.1 Å². The fraction of sp³-hybridized carbons (Fsp3) is 0.438. The maximum atomic E-state index is 11.1. The lowest BCUT2D eigenvalue weighted by atomic mass is 9.96. The van der Waals surface area contributed by atoms with E-state index in [4.69, 9.17) is 15.3 Å². The lowest BCUT2D eigenvalue weighted by Gasteiger charge is -2.19. The van der Waals surface area contributed by atoms with E-state index in [1.807, 2.05) is 0 Å². The Hall–Kier alpha value is -2.65. The van der Waals surface area contributed by atoms with Crippen molar-refractivity contribution in [1.29, 1.82) is 0 Å². The van der Waals surface area contributed by atoms with Gasteiger partial charge in [0.1, 0.15) is 5.75 Å². The molecular weight excluding hydrogens is 332 g/mol. The number of phenolic OH excluding ortho intramolecular Hbond substituents is 1. The molecular formula is C16H22N2O7. The summed E-state index contributed by atoms with van der Waals surface area (Å²) in [6, 6.07) is 4.00. The van der Waals surface area contributed by atoms with Crippen LogP contribution in [-0.4, -0.2) is 64.0 Å². The second-order valence-corrected chi connectivity index (χ2v) is 5.65. The Morgan fingerprint density at radius 3 is 2.28 bits per heavy atom. The average Bonchev–Trinajstić information content (AvgIpc) is 2.53. The summed E-state index contributed by atoms with van der Waals surface area (Å²) in [4.78, 5) is 32.4. The third kappa shape index (κ3) is 7.19. The molecule has 0 bridgehead atoms. The normalized spacial score (nSPS) is 13.2. The Kier molecular flexibility index (Phi) is 7.83. The number of nitrogens with one attached hydrogen (secondary N) is 2. The minimum atomic E-state index is -1.07. The highest BCUT2D eigenvalue weighted by molar-refractivity contribution is 5.75. The van der Waals surface area contributed by atoms with Crippen molar-refractivity contribution in [3.8, 4) is 5.75 Å². The van der Waals surface area contributed by atoms with Gasteiger partial charge in [-0.3, -0.25) is 14.4 Å². The molecule has 1 rings (SSSR count). The molecule has 0 aliphatic heterocycles. The van der Waals surface area contributed by atoms with Crippen LogP contribution in [0.4, 0.5) is 0 Å². The number of carbonyl (C=O) groups is 3. The summed E-state index contributed by atoms with van der Waals surface area (Å²) in [6.45, 7) is 1.07. The van der Waals surface area contributed by atoms with Gasteiger partial charge in [0.05, 0.1) is 19.0 Å². The third-order valence-electron chi connectivity index (χ3n) is 3.65. The Labute approximate surface area is 144 Å². The molecule has 0 amide bonds. The summed E-state index contributed by atoms with van der Waals surface area (Å²) in [7, 11) is 0. The molecule has 0 aromatic heterocycles. The standard InChI is InChI=1S/C16H22N2O7/c1-9(16(24)25)10-2-3-13(19)11(4-10)5-12(18-8-15(22)23)6-17-7-14(20)21/h2-4,9,12,17-19H,5-8H2,1H3,(H,20,21)(H,22,23)(H,24,25). The van der Waals surface area contributed by atoms with Crippen LogP contribution >= 0.6 is 0 Å². The van der Waals surface area contributed by atoms with Crippen LogP contribution in [0, 0.1) is 0 Å². The topological polar surface area (TPSA) is 156 Å². The van der Waals surface area contributed by atoms with Gasteiger partial charge in [-0.15, -0.1) is 0 Å². The minimum absolute atomic E-state index is 0.0401. The van der Waals surface area contributed by atoms with Crippen LogP contribution in [-0.2, 0) is 20.8 Å². The Balaban J connectivity index is 2.89. The highest BCUT2D eigenvalue weighted by atomic mass is 16.4. The zero-order valence-electron chi connectivity index (χ0n) is 13.7. The fourth-order valence-corrected chi connectivity index (χ4v) is 2.25. The highest BCUT2D eigenvalue weighted by Crippen LogP contribution is 2.24. The minimum Gasteiger partial charge on any atom is -0.508 e. The second-order valence-electron chi connectivity index (χ2n) is 5.65. The van der Waals surface area contributed by atoms with E-state index in [0.29, 0.717) is 11.1 Å². The lowest BCUT2D eigenvalue weighted by Crippen LogP contribution is -2.43. The van der Waals surface area contributed by atoms with Crippen molar-refractivity contribution in [2.45, 2.75) is 25.3 Å². The molecule has 0 saturated heterocycles. The molecule has 25 heavy (non-hydrogen) atoms. The van der Waals surface area contributed by atoms with E-state index in [0.717, 1.165) is 0 Å². The Bertz CT molecular complexity index is 633. The van der Waals surface area contributed by atoms with Crippen LogP contribution in [0.15, 0.2) is 18.2 Å². The number of rotatable bonds is 11. The molecule has 0 radical (unpaired) electrons. The zero-order chi connectivity index (χ0) is 19.0. The number of carboxylic acid groups (broad SMARTS) is 3. The molecule has 2 atom stereocenters. The van der Waals surface area contributed by atoms with E-state index < -0.39 is 29.9 Å². The van der Waals surface area contributed by atoms with Gasteiger partial charge in [0.15, 0.2) is 0 Å². The molecule has 0 aliphatic carbocycles. The van der Waals surface area contributed by atoms with Gasteiger partial charge in [-0.2, -0.15) is 0 Å². The SMILES string of the molecule is CC(C(=O)O)c1ccc(O)c(CC(CNCC(=O)O)NCC(=O)O)c1. The van der Waals surface area contributed by atoms with E-state index in [1.165, 1.54) is 19.1 Å². The van der Waals surface area contributed by atoms with E-state index in [2.05, 4.69) is 10.6 Å². The van der Waals surface area contributed by atoms with Crippen LogP contribution < -0.4 is 10.6 Å². The molecule has 138 valence electrons. The van der Waals surface area contributed by atoms with Crippen molar-refractivity contribution in [3.63, 3.8) is 0 Å². The molecule has 1 aromatic carbocycles. The van der Waals surface area contributed by atoms with E-state index in [-0.39, 0.29) is 31.8 Å². The van der Waals surface area contributed by atoms with Crippen molar-refractivity contribution in [2.75, 3.05) is 19.6 Å². The molecule has 0 fully saturated rings. The quantitative estimate of drug-likeness (QED) is 0.318. The number of benzene rings is 1. The molecule has 6 N–H and O–H groups in total. The second kappa shape index (κ2) is 9.60. The number of hydrogen-bond donors (Lipinski definition) is 6. The summed E-state index contributed by atoms with van der Waals surface area (Å²) in [6.07, 6.45) is 0.200. The summed E-state index contributed by atoms with van der Waals surface area (Å²) in [5.74, 6) is -3.91. The number of phenols is 1. The maximum Gasteiger partial charge on any atom is 0.317 e. The Morgan fingerprint density at radius 2 is 1.72 bits per heavy atom. The largest absolute Gasteiger partial charge is 0.508 e. The van der Waals surface area contributed by atoms with Crippen LogP contribution in [0.5, 0.6) is 5.75 Å². The first kappa shape index (κ1) is 20.4. The van der Waals surface area contributed by atoms with E-state index in [9.17, 15) is 19.5 Å². The van der Waals surface area contributed by atoms with Gasteiger partial charge in [0, 0.05) is 12.6 Å². The van der Waals surface area contributed by atoms with Crippen molar-refractivity contribution >= 4 is 17.9 Å². The average molecular weight is 354 g/mol. The van der Waals surface area contributed by atoms with Crippen LogP contribution in [0.3, 0.4) is 0 Å². The summed E-state index contributed by atoms with van der Waals surface area (Å²) in [5.41, 5.74) is 0.960. The van der Waals surface area contributed by atoms with Gasteiger partial charge in [0.25, 0.3) is 0 Å². The lowest BCUT2D eigenvalue weighted by molar-refractivity contribution is -0.138. The molecule has 0 spiro atoms. The summed E-state index contributed by atoms with van der Waals surface area (Å²) in [5, 5.41) is 41.9. The highest BCUT2D eigenvalue weighted by Gasteiger charge is 2.18. The molecule has 2 unspecified atom stereocenters. The van der Waals surface area contributed by atoms with Gasteiger partial charge < -0.3 is 31.1 Å². The molecule has 9 nitrogen and oxygen atoms in total. The fourth-order valence-electron chi connectivity index (χ4n) is 2.25. The smallest absolute Gasteiger partial charge is 0.317 e. The molecule has 9 heteroatoms. The summed E-state index contributed by atoms with van der Waals surface area (Å²) >= 11 is 0. The first-order valence-corrected chi connectivity index (χ1v) is 7.63. The number of aliphatic carboxylic acids is 3. The van der Waals surface area contributed by atoms with Crippen molar-refractivity contribution in [2.24, 2.45) is 0 Å². The molecule has 0 saturated carbocycles. The monoisotopic (exact) mass is 354 g/mol. The van der Waals surface area contributed by atoms with Crippen LogP contribution in [0.2, 0.25) is 0 Å². The predicted octanol–water partition coefficient (Wildman–Crippen LogP) is -0.160. The summed E-state index contributed by atoms with van der Waals surface area (Å²) < 4.78 is 0. The molecule has 0 heterocycles. The number of hydrogen-bond acceptors (Lipinski definition) is 6. The van der Waals surface area contributed by atoms with Crippen molar-refractivity contribution in [1.82, 2.24) is 10.6 Å². The zero-order valence-corrected chi connectivity index (χ0v) is 13.7. The van der Waals surface area contributed by atoms with Gasteiger partial charge in [-0.05, 0) is 30.5 Å². The Morgan fingerprint density at radius 1 is 1.08 bits per heavy atom. The maximum absolute atomic E-state index is 11.1. The molecule has 1 aromatic rings. The van der Waals surface area contributed by atoms with Gasteiger partial charge >= 0.3 is 17.9 Å². The van der Waals surface area contributed by atoms with Crippen molar-refractivity contribution < 1.29 is 34.8 Å². The van der Waals surface area contributed by atoms with E-state index in [1.54, 1.807) is 6.07 Å².